The van der Waals surface area contributed by atoms with E-state index in [4.69, 9.17) is 0 Å². The van der Waals surface area contributed by atoms with Crippen molar-refractivity contribution in [1.82, 2.24) is 4.98 Å². The van der Waals surface area contributed by atoms with Gasteiger partial charge in [-0.3, -0.25) is 10.1 Å². The van der Waals surface area contributed by atoms with Crippen LogP contribution in [0.3, 0.4) is 0 Å². The molecular formula is C21H22N2O3S2. The number of nitrogens with one attached hydrogen (secondary N) is 1. The van der Waals surface area contributed by atoms with E-state index in [1.54, 1.807) is 19.1 Å². The van der Waals surface area contributed by atoms with Crippen molar-refractivity contribution < 1.29 is 13.2 Å². The molecule has 0 atom stereocenters. The number of nitrogens with zero attached hydrogens (tertiary/aromatic N) is 1. The number of amides is 1. The van der Waals surface area contributed by atoms with E-state index in [1.165, 1.54) is 28.5 Å². The minimum atomic E-state index is -3.40. The zero-order valence-corrected chi connectivity index (χ0v) is 18.1. The van der Waals surface area contributed by atoms with E-state index in [1.807, 2.05) is 12.3 Å². The van der Waals surface area contributed by atoms with Gasteiger partial charge in [0, 0.05) is 22.8 Å². The molecule has 0 aliphatic rings. The summed E-state index contributed by atoms with van der Waals surface area (Å²) in [5.74, 6) is -0.386. The topological polar surface area (TPSA) is 76.1 Å². The molecule has 2 aromatic carbocycles. The average molecular weight is 415 g/mol. The molecule has 0 saturated carbocycles. The van der Waals surface area contributed by atoms with Crippen LogP contribution in [-0.2, 0) is 9.84 Å². The molecule has 0 saturated heterocycles. The van der Waals surface area contributed by atoms with Crippen LogP contribution in [0, 0.1) is 27.7 Å². The Morgan fingerprint density at radius 3 is 2.32 bits per heavy atom. The van der Waals surface area contributed by atoms with Crippen molar-refractivity contribution in [3.63, 3.8) is 0 Å². The highest BCUT2D eigenvalue weighted by atomic mass is 32.2. The quantitative estimate of drug-likeness (QED) is 0.671. The molecule has 1 aromatic heterocycles. The van der Waals surface area contributed by atoms with Gasteiger partial charge in [-0.05, 0) is 68.1 Å². The zero-order chi connectivity index (χ0) is 20.6. The highest BCUT2D eigenvalue weighted by Crippen LogP contribution is 2.29. The SMILES string of the molecule is Cc1cc(C)c(-c2csc(NC(=O)c3ccc(C)c(S(C)(=O)=O)c3)n2)cc1C. The standard InChI is InChI=1S/C21H22N2O3S2/c1-12-6-7-16(10-19(12)28(5,25)26)20(24)23-21-22-18(11-27-21)17-9-14(3)13(2)8-15(17)4/h6-11H,1-5H3,(H,22,23,24). The molecule has 146 valence electrons. The summed E-state index contributed by atoms with van der Waals surface area (Å²) in [4.78, 5) is 17.3. The first-order chi connectivity index (χ1) is 13.1. The average Bonchev–Trinajstić information content (AvgIpc) is 3.05. The third-order valence-corrected chi connectivity index (χ3v) is 6.69. The lowest BCUT2D eigenvalue weighted by atomic mass is 9.99. The van der Waals surface area contributed by atoms with Gasteiger partial charge in [0.15, 0.2) is 15.0 Å². The van der Waals surface area contributed by atoms with Crippen LogP contribution >= 0.6 is 11.3 Å². The summed E-state index contributed by atoms with van der Waals surface area (Å²) in [5, 5.41) is 5.14. The van der Waals surface area contributed by atoms with Crippen LogP contribution in [0.2, 0.25) is 0 Å². The Hall–Kier alpha value is -2.51. The summed E-state index contributed by atoms with van der Waals surface area (Å²) in [6.07, 6.45) is 1.13. The smallest absolute Gasteiger partial charge is 0.257 e. The highest BCUT2D eigenvalue weighted by molar-refractivity contribution is 7.90. The predicted octanol–water partition coefficient (Wildman–Crippen LogP) is 4.70. The lowest BCUT2D eigenvalue weighted by Crippen LogP contribution is -2.13. The molecule has 0 spiro atoms. The van der Waals surface area contributed by atoms with E-state index in [-0.39, 0.29) is 16.4 Å². The molecule has 28 heavy (non-hydrogen) atoms. The van der Waals surface area contributed by atoms with E-state index >= 15 is 0 Å². The van der Waals surface area contributed by atoms with Crippen molar-refractivity contribution >= 4 is 32.2 Å². The van der Waals surface area contributed by atoms with E-state index < -0.39 is 9.84 Å². The third-order valence-electron chi connectivity index (χ3n) is 4.69. The van der Waals surface area contributed by atoms with Crippen LogP contribution < -0.4 is 5.32 Å². The zero-order valence-electron chi connectivity index (χ0n) is 16.5. The lowest BCUT2D eigenvalue weighted by Gasteiger charge is -2.08. The van der Waals surface area contributed by atoms with Gasteiger partial charge >= 0.3 is 0 Å². The number of anilines is 1. The van der Waals surface area contributed by atoms with E-state index in [2.05, 4.69) is 36.3 Å². The molecule has 1 amide bonds. The van der Waals surface area contributed by atoms with Gasteiger partial charge in [0.2, 0.25) is 0 Å². The molecule has 3 aromatic rings. The van der Waals surface area contributed by atoms with Gasteiger partial charge in [-0.25, -0.2) is 13.4 Å². The minimum Gasteiger partial charge on any atom is -0.298 e. The fourth-order valence-corrected chi connectivity index (χ4v) is 4.70. The van der Waals surface area contributed by atoms with Gasteiger partial charge in [0.05, 0.1) is 10.6 Å². The molecule has 0 bridgehead atoms. The highest BCUT2D eigenvalue weighted by Gasteiger charge is 2.16. The molecule has 0 aliphatic carbocycles. The van der Waals surface area contributed by atoms with Crippen LogP contribution in [0.15, 0.2) is 40.6 Å². The summed E-state index contributed by atoms with van der Waals surface area (Å²) < 4.78 is 23.8. The number of hydrogen-bond acceptors (Lipinski definition) is 5. The lowest BCUT2D eigenvalue weighted by molar-refractivity contribution is 0.102. The number of carbonyl (C=O) groups is 1. The number of rotatable bonds is 4. The Kier molecular flexibility index (Phi) is 5.41. The second kappa shape index (κ2) is 7.48. The van der Waals surface area contributed by atoms with Crippen LogP contribution in [0.25, 0.3) is 11.3 Å². The predicted molar refractivity (Wildman–Crippen MR) is 114 cm³/mol. The van der Waals surface area contributed by atoms with Crippen LogP contribution in [-0.4, -0.2) is 25.6 Å². The van der Waals surface area contributed by atoms with E-state index in [9.17, 15) is 13.2 Å². The molecule has 0 aliphatic heterocycles. The fourth-order valence-electron chi connectivity index (χ4n) is 3.00. The van der Waals surface area contributed by atoms with E-state index in [0.29, 0.717) is 10.7 Å². The second-order valence-electron chi connectivity index (χ2n) is 7.00. The maximum atomic E-state index is 12.6. The first kappa shape index (κ1) is 20.2. The Morgan fingerprint density at radius 2 is 1.64 bits per heavy atom. The summed E-state index contributed by atoms with van der Waals surface area (Å²) in [6, 6.07) is 8.88. The van der Waals surface area contributed by atoms with Crippen LogP contribution in [0.5, 0.6) is 0 Å². The summed E-state index contributed by atoms with van der Waals surface area (Å²) in [6.45, 7) is 7.88. The van der Waals surface area contributed by atoms with Gasteiger partial charge in [-0.15, -0.1) is 11.3 Å². The Labute approximate surface area is 169 Å². The molecule has 3 rings (SSSR count). The van der Waals surface area contributed by atoms with Crippen molar-refractivity contribution in [1.29, 1.82) is 0 Å². The third kappa shape index (κ3) is 4.15. The second-order valence-corrected chi connectivity index (χ2v) is 9.84. The maximum absolute atomic E-state index is 12.6. The first-order valence-electron chi connectivity index (χ1n) is 8.72. The maximum Gasteiger partial charge on any atom is 0.257 e. The molecule has 0 radical (unpaired) electrons. The summed E-state index contributed by atoms with van der Waals surface area (Å²) in [5.41, 5.74) is 6.28. The molecule has 0 unspecified atom stereocenters. The molecule has 5 nitrogen and oxygen atoms in total. The summed E-state index contributed by atoms with van der Waals surface area (Å²) >= 11 is 1.34. The molecule has 0 fully saturated rings. The molecule has 1 N–H and O–H groups in total. The number of aryl methyl sites for hydroxylation is 4. The van der Waals surface area contributed by atoms with Gasteiger partial charge in [-0.2, -0.15) is 0 Å². The van der Waals surface area contributed by atoms with Crippen molar-refractivity contribution in [2.45, 2.75) is 32.6 Å². The van der Waals surface area contributed by atoms with Crippen molar-refractivity contribution in [3.8, 4) is 11.3 Å². The number of thiazole rings is 1. The fraction of sp³-hybridized carbons (Fsp3) is 0.238. The number of sulfone groups is 1. The number of benzene rings is 2. The Morgan fingerprint density at radius 1 is 0.964 bits per heavy atom. The monoisotopic (exact) mass is 414 g/mol. The number of aromatic nitrogens is 1. The van der Waals surface area contributed by atoms with E-state index in [0.717, 1.165) is 23.1 Å². The first-order valence-corrected chi connectivity index (χ1v) is 11.5. The molecule has 7 heteroatoms. The molecular weight excluding hydrogens is 392 g/mol. The van der Waals surface area contributed by atoms with Gasteiger partial charge in [0.1, 0.15) is 0 Å². The van der Waals surface area contributed by atoms with Gasteiger partial charge < -0.3 is 0 Å². The Bertz CT molecular complexity index is 1180. The van der Waals surface area contributed by atoms with Crippen molar-refractivity contribution in [2.24, 2.45) is 0 Å². The van der Waals surface area contributed by atoms with Crippen LogP contribution in [0.1, 0.15) is 32.6 Å². The number of carbonyl (C=O) groups excluding carboxylic acids is 1. The Balaban J connectivity index is 1.87. The van der Waals surface area contributed by atoms with Crippen molar-refractivity contribution in [3.05, 3.63) is 63.5 Å². The van der Waals surface area contributed by atoms with Gasteiger partial charge in [-0.1, -0.05) is 12.1 Å². The normalized spacial score (nSPS) is 11.5. The largest absolute Gasteiger partial charge is 0.298 e. The van der Waals surface area contributed by atoms with Crippen LogP contribution in [0.4, 0.5) is 5.13 Å². The van der Waals surface area contributed by atoms with Crippen molar-refractivity contribution in [2.75, 3.05) is 11.6 Å². The minimum absolute atomic E-state index is 0.158. The van der Waals surface area contributed by atoms with Gasteiger partial charge in [0.25, 0.3) is 5.91 Å². The molecule has 1 heterocycles. The number of hydrogen-bond donors (Lipinski definition) is 1. The summed E-state index contributed by atoms with van der Waals surface area (Å²) in [7, 11) is -3.40.